The molecule has 1 heterocycles. The maximum atomic E-state index is 12.5. The van der Waals surface area contributed by atoms with Gasteiger partial charge in [-0.3, -0.25) is 4.98 Å². The Bertz CT molecular complexity index is 671. The molecule has 0 saturated carbocycles. The summed E-state index contributed by atoms with van der Waals surface area (Å²) >= 11 is 0. The van der Waals surface area contributed by atoms with Crippen molar-refractivity contribution in [3.05, 3.63) is 59.9 Å². The molecule has 1 unspecified atom stereocenters. The minimum atomic E-state index is -0.562. The number of aromatic nitrogens is 1. The van der Waals surface area contributed by atoms with E-state index >= 15 is 0 Å². The van der Waals surface area contributed by atoms with Crippen LogP contribution < -0.4 is 15.4 Å². The molecule has 2 amide bonds. The molecule has 0 aliphatic heterocycles. The van der Waals surface area contributed by atoms with Crippen molar-refractivity contribution in [2.45, 2.75) is 38.8 Å². The number of rotatable bonds is 6. The van der Waals surface area contributed by atoms with Crippen molar-refractivity contribution in [1.29, 1.82) is 0 Å². The lowest BCUT2D eigenvalue weighted by Gasteiger charge is -2.29. The summed E-state index contributed by atoms with van der Waals surface area (Å²) < 4.78 is 5.41. The summed E-state index contributed by atoms with van der Waals surface area (Å²) in [7, 11) is 1.63. The van der Waals surface area contributed by atoms with Crippen LogP contribution in [0.3, 0.4) is 0 Å². The largest absolute Gasteiger partial charge is 0.496 e. The van der Waals surface area contributed by atoms with E-state index in [1.165, 1.54) is 0 Å². The van der Waals surface area contributed by atoms with Crippen LogP contribution in [0.5, 0.6) is 5.75 Å². The van der Waals surface area contributed by atoms with Gasteiger partial charge in [-0.15, -0.1) is 0 Å². The number of nitrogens with one attached hydrogen (secondary N) is 2. The Morgan fingerprint density at radius 1 is 1.21 bits per heavy atom. The molecule has 0 aliphatic rings. The maximum Gasteiger partial charge on any atom is 0.315 e. The van der Waals surface area contributed by atoms with E-state index < -0.39 is 5.54 Å². The van der Waals surface area contributed by atoms with Gasteiger partial charge in [-0.1, -0.05) is 25.1 Å². The number of hydrogen-bond acceptors (Lipinski definition) is 3. The van der Waals surface area contributed by atoms with Gasteiger partial charge in [0.2, 0.25) is 0 Å². The molecule has 0 fully saturated rings. The van der Waals surface area contributed by atoms with Gasteiger partial charge < -0.3 is 15.4 Å². The van der Waals surface area contributed by atoms with E-state index in [-0.39, 0.29) is 12.1 Å². The second-order valence-corrected chi connectivity index (χ2v) is 6.17. The Hall–Kier alpha value is -2.56. The predicted molar refractivity (Wildman–Crippen MR) is 95.0 cm³/mol. The van der Waals surface area contributed by atoms with E-state index in [9.17, 15) is 4.79 Å². The number of pyridine rings is 1. The first-order valence-electron chi connectivity index (χ1n) is 8.10. The van der Waals surface area contributed by atoms with Crippen LogP contribution in [0, 0.1) is 0 Å². The number of urea groups is 1. The molecule has 5 heteroatoms. The average molecular weight is 327 g/mol. The molecule has 2 aromatic rings. The monoisotopic (exact) mass is 327 g/mol. The Labute approximate surface area is 143 Å². The smallest absolute Gasteiger partial charge is 0.315 e. The molecule has 0 radical (unpaired) electrons. The zero-order valence-corrected chi connectivity index (χ0v) is 14.7. The molecule has 24 heavy (non-hydrogen) atoms. The van der Waals surface area contributed by atoms with Crippen LogP contribution in [0.2, 0.25) is 0 Å². The number of benzene rings is 1. The molecule has 1 aromatic heterocycles. The standard InChI is InChI=1S/C19H25N3O2/c1-5-16(14-10-12-20-13-11-14)21-18(23)22-19(2,3)15-8-6-7-9-17(15)24-4/h6-13,16H,5H2,1-4H3,(H2,21,22,23). The van der Waals surface area contributed by atoms with Crippen molar-refractivity contribution in [3.63, 3.8) is 0 Å². The van der Waals surface area contributed by atoms with Crippen molar-refractivity contribution in [2.75, 3.05) is 7.11 Å². The number of hydrogen-bond donors (Lipinski definition) is 2. The Balaban J connectivity index is 2.10. The molecule has 2 rings (SSSR count). The zero-order valence-electron chi connectivity index (χ0n) is 14.7. The fraction of sp³-hybridized carbons (Fsp3) is 0.368. The number of para-hydroxylation sites is 1. The van der Waals surface area contributed by atoms with Crippen LogP contribution in [-0.2, 0) is 5.54 Å². The van der Waals surface area contributed by atoms with Gasteiger partial charge in [0.05, 0.1) is 18.7 Å². The van der Waals surface area contributed by atoms with Gasteiger partial charge in [0.25, 0.3) is 0 Å². The Morgan fingerprint density at radius 2 is 1.88 bits per heavy atom. The van der Waals surface area contributed by atoms with Crippen molar-refractivity contribution < 1.29 is 9.53 Å². The Morgan fingerprint density at radius 3 is 2.50 bits per heavy atom. The fourth-order valence-electron chi connectivity index (χ4n) is 2.72. The van der Waals surface area contributed by atoms with E-state index in [1.807, 2.05) is 57.2 Å². The van der Waals surface area contributed by atoms with E-state index in [2.05, 4.69) is 15.6 Å². The summed E-state index contributed by atoms with van der Waals surface area (Å²) in [6.45, 7) is 5.95. The molecule has 1 atom stereocenters. The SMILES string of the molecule is CCC(NC(=O)NC(C)(C)c1ccccc1OC)c1ccncc1. The molecule has 5 nitrogen and oxygen atoms in total. The van der Waals surface area contributed by atoms with Gasteiger partial charge in [-0.2, -0.15) is 0 Å². The molecule has 0 aliphatic carbocycles. The number of amides is 2. The lowest BCUT2D eigenvalue weighted by atomic mass is 9.93. The molecule has 2 N–H and O–H groups in total. The van der Waals surface area contributed by atoms with Crippen LogP contribution in [0.4, 0.5) is 4.79 Å². The van der Waals surface area contributed by atoms with Gasteiger partial charge >= 0.3 is 6.03 Å². The van der Waals surface area contributed by atoms with Crippen molar-refractivity contribution in [2.24, 2.45) is 0 Å². The van der Waals surface area contributed by atoms with Crippen molar-refractivity contribution >= 4 is 6.03 Å². The summed E-state index contributed by atoms with van der Waals surface area (Å²) in [5, 5.41) is 6.06. The molecular weight excluding hydrogens is 302 g/mol. The second kappa shape index (κ2) is 7.81. The summed E-state index contributed by atoms with van der Waals surface area (Å²) in [4.78, 5) is 16.5. The van der Waals surface area contributed by atoms with E-state index in [0.717, 1.165) is 23.3 Å². The number of carbonyl (C=O) groups is 1. The molecule has 128 valence electrons. The maximum absolute atomic E-state index is 12.5. The second-order valence-electron chi connectivity index (χ2n) is 6.17. The summed E-state index contributed by atoms with van der Waals surface area (Å²) in [5.74, 6) is 0.754. The van der Waals surface area contributed by atoms with Crippen LogP contribution in [0.25, 0.3) is 0 Å². The predicted octanol–water partition coefficient (Wildman–Crippen LogP) is 3.78. The molecule has 0 spiro atoms. The highest BCUT2D eigenvalue weighted by Gasteiger charge is 2.27. The highest BCUT2D eigenvalue weighted by atomic mass is 16.5. The lowest BCUT2D eigenvalue weighted by Crippen LogP contribution is -2.47. The quantitative estimate of drug-likeness (QED) is 0.849. The summed E-state index contributed by atoms with van der Waals surface area (Å²) in [6.07, 6.45) is 4.26. The Kier molecular flexibility index (Phi) is 5.79. The van der Waals surface area contributed by atoms with Crippen LogP contribution in [0.1, 0.15) is 44.4 Å². The fourth-order valence-corrected chi connectivity index (χ4v) is 2.72. The highest BCUT2D eigenvalue weighted by Crippen LogP contribution is 2.29. The number of ether oxygens (including phenoxy) is 1. The highest BCUT2D eigenvalue weighted by molar-refractivity contribution is 5.75. The van der Waals surface area contributed by atoms with E-state index in [1.54, 1.807) is 19.5 Å². The first-order valence-corrected chi connectivity index (χ1v) is 8.10. The minimum Gasteiger partial charge on any atom is -0.496 e. The summed E-state index contributed by atoms with van der Waals surface area (Å²) in [5.41, 5.74) is 1.41. The third kappa shape index (κ3) is 4.25. The summed E-state index contributed by atoms with van der Waals surface area (Å²) in [6, 6.07) is 11.3. The topological polar surface area (TPSA) is 63.2 Å². The van der Waals surface area contributed by atoms with Gasteiger partial charge in [0.1, 0.15) is 5.75 Å². The first kappa shape index (κ1) is 17.8. The van der Waals surface area contributed by atoms with Gasteiger partial charge in [0, 0.05) is 18.0 Å². The van der Waals surface area contributed by atoms with Crippen molar-refractivity contribution in [1.82, 2.24) is 15.6 Å². The molecule has 1 aromatic carbocycles. The number of carbonyl (C=O) groups excluding carboxylic acids is 1. The lowest BCUT2D eigenvalue weighted by molar-refractivity contribution is 0.225. The van der Waals surface area contributed by atoms with Gasteiger partial charge in [-0.25, -0.2) is 4.79 Å². The third-order valence-electron chi connectivity index (χ3n) is 4.03. The number of methoxy groups -OCH3 is 1. The van der Waals surface area contributed by atoms with E-state index in [0.29, 0.717) is 0 Å². The van der Waals surface area contributed by atoms with Gasteiger partial charge in [-0.05, 0) is 44.0 Å². The van der Waals surface area contributed by atoms with Crippen molar-refractivity contribution in [3.8, 4) is 5.75 Å². The average Bonchev–Trinajstić information content (AvgIpc) is 2.60. The normalized spacial score (nSPS) is 12.3. The van der Waals surface area contributed by atoms with E-state index in [4.69, 9.17) is 4.74 Å². The van der Waals surface area contributed by atoms with Crippen LogP contribution in [0.15, 0.2) is 48.8 Å². The number of nitrogens with zero attached hydrogens (tertiary/aromatic N) is 1. The molecule has 0 saturated heterocycles. The van der Waals surface area contributed by atoms with Gasteiger partial charge in [0.15, 0.2) is 0 Å². The molecular formula is C19H25N3O2. The van der Waals surface area contributed by atoms with Crippen LogP contribution in [-0.4, -0.2) is 18.1 Å². The molecule has 0 bridgehead atoms. The zero-order chi connectivity index (χ0) is 17.6. The van der Waals surface area contributed by atoms with Crippen LogP contribution >= 0.6 is 0 Å². The minimum absolute atomic E-state index is 0.0542. The first-order chi connectivity index (χ1) is 11.5. The third-order valence-corrected chi connectivity index (χ3v) is 4.03.